The van der Waals surface area contributed by atoms with Crippen LogP contribution in [0.2, 0.25) is 0 Å². The van der Waals surface area contributed by atoms with Gasteiger partial charge in [-0.05, 0) is 37.1 Å². The Morgan fingerprint density at radius 2 is 1.82 bits per heavy atom. The van der Waals surface area contributed by atoms with Crippen LogP contribution in [0.25, 0.3) is 0 Å². The van der Waals surface area contributed by atoms with Crippen molar-refractivity contribution < 1.29 is 9.59 Å². The zero-order chi connectivity index (χ0) is 15.9. The Morgan fingerprint density at radius 1 is 1.05 bits per heavy atom. The highest BCUT2D eigenvalue weighted by Gasteiger charge is 2.06. The Hall–Kier alpha value is -2.62. The quantitative estimate of drug-likeness (QED) is 0.802. The molecule has 0 aliphatic heterocycles. The fraction of sp³-hybridized carbons (Fsp3) is 0.222. The Kier molecular flexibility index (Phi) is 5.31. The topological polar surface area (TPSA) is 58.2 Å². The fourth-order valence-electron chi connectivity index (χ4n) is 2.18. The van der Waals surface area contributed by atoms with Crippen molar-refractivity contribution in [3.63, 3.8) is 0 Å². The molecule has 0 radical (unpaired) electrons. The molecule has 0 saturated carbocycles. The Bertz CT molecular complexity index is 680. The van der Waals surface area contributed by atoms with Gasteiger partial charge in [0.25, 0.3) is 0 Å². The molecule has 0 aliphatic rings. The number of carbonyl (C=O) groups excluding carboxylic acids is 2. The summed E-state index contributed by atoms with van der Waals surface area (Å²) in [6, 6.07) is 14.9. The third kappa shape index (κ3) is 4.19. The maximum absolute atomic E-state index is 12.0. The van der Waals surface area contributed by atoms with Crippen LogP contribution in [0.15, 0.2) is 48.5 Å². The molecule has 0 saturated heterocycles. The number of amides is 1. The maximum atomic E-state index is 12.0. The summed E-state index contributed by atoms with van der Waals surface area (Å²) in [6.07, 6.45) is 0.866. The van der Waals surface area contributed by atoms with Gasteiger partial charge in [-0.3, -0.25) is 9.59 Å². The molecule has 2 N–H and O–H groups in total. The van der Waals surface area contributed by atoms with E-state index >= 15 is 0 Å². The summed E-state index contributed by atoms with van der Waals surface area (Å²) in [4.78, 5) is 23.4. The van der Waals surface area contributed by atoms with Crippen LogP contribution in [-0.4, -0.2) is 18.2 Å². The second-order valence-electron chi connectivity index (χ2n) is 5.05. The molecule has 0 spiro atoms. The largest absolute Gasteiger partial charge is 0.376 e. The molecule has 4 nitrogen and oxygen atoms in total. The van der Waals surface area contributed by atoms with Gasteiger partial charge in [0.05, 0.1) is 6.54 Å². The normalized spacial score (nSPS) is 10.1. The van der Waals surface area contributed by atoms with E-state index in [1.54, 1.807) is 18.2 Å². The number of Topliss-reactive ketones (excluding diaryl/α,β-unsaturated/α-hetero) is 1. The molecule has 4 heteroatoms. The number of benzene rings is 2. The van der Waals surface area contributed by atoms with Crippen LogP contribution in [0.1, 0.15) is 29.8 Å². The smallest absolute Gasteiger partial charge is 0.243 e. The van der Waals surface area contributed by atoms with Gasteiger partial charge >= 0.3 is 0 Å². The van der Waals surface area contributed by atoms with E-state index in [9.17, 15) is 9.59 Å². The van der Waals surface area contributed by atoms with Crippen molar-refractivity contribution in [1.29, 1.82) is 0 Å². The molecule has 0 aromatic heterocycles. The number of carbonyl (C=O) groups is 2. The lowest BCUT2D eigenvalue weighted by atomic mass is 10.1. The standard InChI is InChI=1S/C18H20N2O2/c1-3-14-7-4-5-10-17(14)20-18(22)12-19-16-9-6-8-15(11-16)13(2)21/h4-11,19H,3,12H2,1-2H3,(H,20,22). The first kappa shape index (κ1) is 15.8. The van der Waals surface area contributed by atoms with Crippen LogP contribution in [0, 0.1) is 0 Å². The van der Waals surface area contributed by atoms with E-state index < -0.39 is 0 Å². The lowest BCUT2D eigenvalue weighted by molar-refractivity contribution is -0.114. The summed E-state index contributed by atoms with van der Waals surface area (Å²) in [5.41, 5.74) is 3.33. The number of hydrogen-bond acceptors (Lipinski definition) is 3. The highest BCUT2D eigenvalue weighted by atomic mass is 16.2. The fourth-order valence-corrected chi connectivity index (χ4v) is 2.18. The van der Waals surface area contributed by atoms with Gasteiger partial charge in [0.1, 0.15) is 0 Å². The Balaban J connectivity index is 1.95. The van der Waals surface area contributed by atoms with Gasteiger partial charge in [-0.1, -0.05) is 37.3 Å². The monoisotopic (exact) mass is 296 g/mol. The number of rotatable bonds is 6. The van der Waals surface area contributed by atoms with Gasteiger partial charge in [-0.25, -0.2) is 0 Å². The van der Waals surface area contributed by atoms with E-state index in [1.165, 1.54) is 6.92 Å². The molecule has 0 bridgehead atoms. The van der Waals surface area contributed by atoms with E-state index in [2.05, 4.69) is 17.6 Å². The average Bonchev–Trinajstić information content (AvgIpc) is 2.53. The summed E-state index contributed by atoms with van der Waals surface area (Å²) in [5.74, 6) is -0.112. The van der Waals surface area contributed by atoms with E-state index in [1.807, 2.05) is 30.3 Å². The number of ketones is 1. The third-order valence-corrected chi connectivity index (χ3v) is 3.39. The molecule has 0 fully saturated rings. The number of aryl methyl sites for hydroxylation is 1. The van der Waals surface area contributed by atoms with Crippen LogP contribution in [0.4, 0.5) is 11.4 Å². The second-order valence-corrected chi connectivity index (χ2v) is 5.05. The first-order chi connectivity index (χ1) is 10.6. The van der Waals surface area contributed by atoms with Gasteiger partial charge < -0.3 is 10.6 Å². The molecule has 22 heavy (non-hydrogen) atoms. The highest BCUT2D eigenvalue weighted by Crippen LogP contribution is 2.15. The molecule has 114 valence electrons. The van der Waals surface area contributed by atoms with E-state index in [4.69, 9.17) is 0 Å². The predicted octanol–water partition coefficient (Wildman–Crippen LogP) is 3.50. The van der Waals surface area contributed by atoms with E-state index in [0.29, 0.717) is 5.56 Å². The molecule has 0 heterocycles. The summed E-state index contributed by atoms with van der Waals surface area (Å²) in [6.45, 7) is 3.73. The predicted molar refractivity (Wildman–Crippen MR) is 89.4 cm³/mol. The van der Waals surface area contributed by atoms with E-state index in [-0.39, 0.29) is 18.2 Å². The molecule has 1 amide bonds. The van der Waals surface area contributed by atoms with Gasteiger partial charge in [-0.2, -0.15) is 0 Å². The minimum Gasteiger partial charge on any atom is -0.376 e. The Labute approximate surface area is 130 Å². The van der Waals surface area contributed by atoms with Crippen LogP contribution in [0.3, 0.4) is 0 Å². The first-order valence-electron chi connectivity index (χ1n) is 7.32. The number of para-hydroxylation sites is 1. The van der Waals surface area contributed by atoms with Crippen molar-refractivity contribution in [3.05, 3.63) is 59.7 Å². The van der Waals surface area contributed by atoms with Crippen molar-refractivity contribution in [2.45, 2.75) is 20.3 Å². The summed E-state index contributed by atoms with van der Waals surface area (Å²) in [7, 11) is 0. The van der Waals surface area contributed by atoms with Crippen LogP contribution in [-0.2, 0) is 11.2 Å². The summed E-state index contributed by atoms with van der Waals surface area (Å²) >= 11 is 0. The highest BCUT2D eigenvalue weighted by molar-refractivity contribution is 5.96. The zero-order valence-corrected chi connectivity index (χ0v) is 12.8. The number of anilines is 2. The Morgan fingerprint density at radius 3 is 2.55 bits per heavy atom. The van der Waals surface area contributed by atoms with Gasteiger partial charge in [0.15, 0.2) is 5.78 Å². The molecule has 0 atom stereocenters. The van der Waals surface area contributed by atoms with Gasteiger partial charge in [0, 0.05) is 16.9 Å². The first-order valence-corrected chi connectivity index (χ1v) is 7.32. The minimum absolute atomic E-state index is 0.00461. The van der Waals surface area contributed by atoms with Crippen molar-refractivity contribution in [1.82, 2.24) is 0 Å². The van der Waals surface area contributed by atoms with Crippen molar-refractivity contribution >= 4 is 23.1 Å². The maximum Gasteiger partial charge on any atom is 0.243 e. The lowest BCUT2D eigenvalue weighted by Crippen LogP contribution is -2.22. The SMILES string of the molecule is CCc1ccccc1NC(=O)CNc1cccc(C(C)=O)c1. The third-order valence-electron chi connectivity index (χ3n) is 3.39. The van der Waals surface area contributed by atoms with Gasteiger partial charge in [-0.15, -0.1) is 0 Å². The van der Waals surface area contributed by atoms with Crippen molar-refractivity contribution in [2.75, 3.05) is 17.2 Å². The molecule has 0 aliphatic carbocycles. The molecule has 2 aromatic carbocycles. The van der Waals surface area contributed by atoms with Crippen molar-refractivity contribution in [2.24, 2.45) is 0 Å². The lowest BCUT2D eigenvalue weighted by Gasteiger charge is -2.11. The number of hydrogen-bond donors (Lipinski definition) is 2. The second kappa shape index (κ2) is 7.41. The minimum atomic E-state index is -0.117. The zero-order valence-electron chi connectivity index (χ0n) is 12.8. The molecule has 2 rings (SSSR count). The molecular weight excluding hydrogens is 276 g/mol. The summed E-state index contributed by atoms with van der Waals surface area (Å²) < 4.78 is 0. The number of nitrogens with one attached hydrogen (secondary N) is 2. The van der Waals surface area contributed by atoms with Crippen LogP contribution in [0.5, 0.6) is 0 Å². The van der Waals surface area contributed by atoms with E-state index in [0.717, 1.165) is 23.4 Å². The van der Waals surface area contributed by atoms with Crippen LogP contribution < -0.4 is 10.6 Å². The van der Waals surface area contributed by atoms with Gasteiger partial charge in [0.2, 0.25) is 5.91 Å². The van der Waals surface area contributed by atoms with Crippen LogP contribution >= 0.6 is 0 Å². The summed E-state index contributed by atoms with van der Waals surface area (Å²) in [5, 5.41) is 5.93. The average molecular weight is 296 g/mol. The molecule has 0 unspecified atom stereocenters. The molecule has 2 aromatic rings. The molecular formula is C18H20N2O2. The van der Waals surface area contributed by atoms with Crippen molar-refractivity contribution in [3.8, 4) is 0 Å².